The molecule has 1 N–H and O–H groups in total. The third-order valence-corrected chi connectivity index (χ3v) is 5.19. The smallest absolute Gasteiger partial charge is 0.302 e. The van der Waals surface area contributed by atoms with E-state index in [4.69, 9.17) is 4.74 Å². The van der Waals surface area contributed by atoms with Gasteiger partial charge in [0.05, 0.1) is 10.3 Å². The van der Waals surface area contributed by atoms with Gasteiger partial charge in [-0.05, 0) is 42.8 Å². The van der Waals surface area contributed by atoms with Crippen molar-refractivity contribution in [3.8, 4) is 0 Å². The van der Waals surface area contributed by atoms with E-state index in [1.54, 1.807) is 6.07 Å². The van der Waals surface area contributed by atoms with Gasteiger partial charge in [-0.25, -0.2) is 0 Å². The predicted molar refractivity (Wildman–Crippen MR) is 94.3 cm³/mol. The van der Waals surface area contributed by atoms with Crippen LogP contribution < -0.4 is 0 Å². The Kier molecular flexibility index (Phi) is 4.17. The molecule has 0 aliphatic carbocycles. The topological polar surface area (TPSA) is 83.7 Å². The fourth-order valence-electron chi connectivity index (χ4n) is 3.37. The second-order valence-corrected chi connectivity index (χ2v) is 8.12. The highest BCUT2D eigenvalue weighted by atomic mass is 32.2. The van der Waals surface area contributed by atoms with Crippen LogP contribution in [0.1, 0.15) is 26.3 Å². The molecule has 1 heterocycles. The molecular formula is C18H20NO5S+. The fraction of sp³-hybridized carbons (Fsp3) is 0.333. The standard InChI is InChI=1S/C18H19NO5S/c1-12(20)24-9-8-19-11-18(2,3)17-15-6-5-14(25(21,22)23)10-13(15)4-7-16(17)19/h4-7,10-11H,8-9H2,1-3H3/p+1. The molecule has 0 amide bonds. The average Bonchev–Trinajstić information content (AvgIpc) is 2.76. The first-order valence-electron chi connectivity index (χ1n) is 7.90. The van der Waals surface area contributed by atoms with E-state index < -0.39 is 10.1 Å². The van der Waals surface area contributed by atoms with E-state index in [1.165, 1.54) is 19.1 Å². The molecule has 0 saturated heterocycles. The molecule has 7 heteroatoms. The number of benzene rings is 2. The number of carbonyl (C=O) groups is 1. The molecule has 2 aromatic rings. The van der Waals surface area contributed by atoms with Gasteiger partial charge in [0.25, 0.3) is 10.1 Å². The molecule has 0 spiro atoms. The third kappa shape index (κ3) is 3.29. The van der Waals surface area contributed by atoms with Crippen LogP contribution in [0.4, 0.5) is 5.69 Å². The number of hydrogen-bond donors (Lipinski definition) is 1. The average molecular weight is 362 g/mol. The molecule has 0 saturated carbocycles. The largest absolute Gasteiger partial charge is 0.459 e. The number of rotatable bonds is 4. The summed E-state index contributed by atoms with van der Waals surface area (Å²) < 4.78 is 39.1. The number of ether oxygens (including phenoxy) is 1. The lowest BCUT2D eigenvalue weighted by atomic mass is 9.84. The Bertz CT molecular complexity index is 1010. The van der Waals surface area contributed by atoms with E-state index in [9.17, 15) is 17.8 Å². The van der Waals surface area contributed by atoms with Gasteiger partial charge in [0.15, 0.2) is 19.4 Å². The van der Waals surface area contributed by atoms with E-state index in [0.717, 1.165) is 22.0 Å². The van der Waals surface area contributed by atoms with Gasteiger partial charge in [0, 0.05) is 18.6 Å². The Morgan fingerprint density at radius 3 is 2.60 bits per heavy atom. The van der Waals surface area contributed by atoms with E-state index in [-0.39, 0.29) is 16.3 Å². The van der Waals surface area contributed by atoms with Crippen molar-refractivity contribution in [2.45, 2.75) is 31.1 Å². The van der Waals surface area contributed by atoms with Crippen molar-refractivity contribution in [2.24, 2.45) is 0 Å². The quantitative estimate of drug-likeness (QED) is 0.514. The van der Waals surface area contributed by atoms with Crippen LogP contribution in [0, 0.1) is 0 Å². The highest BCUT2D eigenvalue weighted by Gasteiger charge is 2.38. The molecule has 6 nitrogen and oxygen atoms in total. The molecule has 0 atom stereocenters. The van der Waals surface area contributed by atoms with Crippen LogP contribution in [0.15, 0.2) is 35.2 Å². The lowest BCUT2D eigenvalue weighted by Gasteiger charge is -2.14. The zero-order valence-corrected chi connectivity index (χ0v) is 15.1. The molecule has 3 rings (SSSR count). The minimum Gasteiger partial charge on any atom is -0.459 e. The SMILES string of the molecule is CC(=O)OCC[N+]1=CC(C)(C)c2c1ccc1cc(S(=O)(=O)O)ccc21. The van der Waals surface area contributed by atoms with E-state index >= 15 is 0 Å². The van der Waals surface area contributed by atoms with Crippen LogP contribution in [0.2, 0.25) is 0 Å². The van der Waals surface area contributed by atoms with Crippen LogP contribution in [0.3, 0.4) is 0 Å². The highest BCUT2D eigenvalue weighted by Crippen LogP contribution is 2.41. The van der Waals surface area contributed by atoms with Gasteiger partial charge in [-0.1, -0.05) is 6.07 Å². The molecule has 0 bridgehead atoms. The molecule has 132 valence electrons. The van der Waals surface area contributed by atoms with E-state index in [0.29, 0.717) is 13.2 Å². The van der Waals surface area contributed by atoms with Crippen LogP contribution in [-0.2, 0) is 25.1 Å². The number of fused-ring (bicyclic) bond motifs is 3. The minimum atomic E-state index is -4.23. The van der Waals surface area contributed by atoms with Crippen molar-refractivity contribution >= 4 is 38.8 Å². The maximum Gasteiger partial charge on any atom is 0.302 e. The van der Waals surface area contributed by atoms with Gasteiger partial charge in [-0.2, -0.15) is 13.0 Å². The van der Waals surface area contributed by atoms with Crippen molar-refractivity contribution < 1.29 is 27.1 Å². The van der Waals surface area contributed by atoms with Crippen molar-refractivity contribution in [3.63, 3.8) is 0 Å². The maximum atomic E-state index is 11.4. The summed E-state index contributed by atoms with van der Waals surface area (Å²) in [4.78, 5) is 10.8. The maximum absolute atomic E-state index is 11.4. The molecule has 0 radical (unpaired) electrons. The van der Waals surface area contributed by atoms with Crippen LogP contribution in [-0.4, -0.2) is 42.9 Å². The Morgan fingerprint density at radius 1 is 1.24 bits per heavy atom. The fourth-order valence-corrected chi connectivity index (χ4v) is 3.89. The first-order chi connectivity index (χ1) is 11.6. The summed E-state index contributed by atoms with van der Waals surface area (Å²) in [5, 5.41) is 1.68. The number of nitrogens with zero attached hydrogens (tertiary/aromatic N) is 1. The van der Waals surface area contributed by atoms with Crippen molar-refractivity contribution in [3.05, 3.63) is 35.9 Å². The van der Waals surface area contributed by atoms with Crippen LogP contribution in [0.25, 0.3) is 10.8 Å². The normalized spacial score (nSPS) is 15.8. The van der Waals surface area contributed by atoms with E-state index in [2.05, 4.69) is 24.6 Å². The van der Waals surface area contributed by atoms with Crippen LogP contribution in [0.5, 0.6) is 0 Å². The predicted octanol–water partition coefficient (Wildman–Crippen LogP) is 2.66. The first-order valence-corrected chi connectivity index (χ1v) is 9.34. The summed E-state index contributed by atoms with van der Waals surface area (Å²) in [6.07, 6.45) is 2.08. The summed E-state index contributed by atoms with van der Waals surface area (Å²) in [5.74, 6) is -0.310. The molecule has 1 aliphatic rings. The van der Waals surface area contributed by atoms with Gasteiger partial charge < -0.3 is 4.74 Å². The summed E-state index contributed by atoms with van der Waals surface area (Å²) in [5.41, 5.74) is 1.82. The Balaban J connectivity index is 2.07. The zero-order chi connectivity index (χ0) is 18.4. The Labute approximate surface area is 146 Å². The van der Waals surface area contributed by atoms with Crippen molar-refractivity contribution in [1.29, 1.82) is 0 Å². The van der Waals surface area contributed by atoms with Crippen molar-refractivity contribution in [2.75, 3.05) is 13.2 Å². The van der Waals surface area contributed by atoms with Gasteiger partial charge in [0.2, 0.25) is 5.69 Å². The van der Waals surface area contributed by atoms with Crippen LogP contribution >= 0.6 is 0 Å². The second-order valence-electron chi connectivity index (χ2n) is 6.70. The second kappa shape index (κ2) is 5.93. The van der Waals surface area contributed by atoms with Gasteiger partial charge in [0.1, 0.15) is 0 Å². The molecule has 0 fully saturated rings. The summed E-state index contributed by atoms with van der Waals surface area (Å²) in [7, 11) is -4.23. The minimum absolute atomic E-state index is 0.119. The zero-order valence-electron chi connectivity index (χ0n) is 14.3. The summed E-state index contributed by atoms with van der Waals surface area (Å²) >= 11 is 0. The first kappa shape index (κ1) is 17.6. The third-order valence-electron chi connectivity index (χ3n) is 4.34. The summed E-state index contributed by atoms with van der Waals surface area (Å²) in [6.45, 7) is 6.37. The lowest BCUT2D eigenvalue weighted by molar-refractivity contribution is -0.436. The number of carbonyl (C=O) groups excluding carboxylic acids is 1. The number of esters is 1. The Morgan fingerprint density at radius 2 is 1.96 bits per heavy atom. The molecule has 0 unspecified atom stereocenters. The highest BCUT2D eigenvalue weighted by molar-refractivity contribution is 7.85. The van der Waals surface area contributed by atoms with E-state index in [1.807, 2.05) is 12.1 Å². The molecule has 1 aliphatic heterocycles. The monoisotopic (exact) mass is 362 g/mol. The van der Waals surface area contributed by atoms with Gasteiger partial charge in [-0.15, -0.1) is 0 Å². The van der Waals surface area contributed by atoms with Gasteiger partial charge >= 0.3 is 5.97 Å². The van der Waals surface area contributed by atoms with Gasteiger partial charge in [-0.3, -0.25) is 9.35 Å². The van der Waals surface area contributed by atoms with Crippen molar-refractivity contribution in [1.82, 2.24) is 0 Å². The molecule has 0 aromatic heterocycles. The number of hydrogen-bond acceptors (Lipinski definition) is 4. The molecule has 2 aromatic carbocycles. The summed E-state index contributed by atoms with van der Waals surface area (Å²) in [6, 6.07) is 8.36. The molecular weight excluding hydrogens is 342 g/mol. The Hall–Kier alpha value is -2.25. The molecule has 25 heavy (non-hydrogen) atoms. The lowest BCUT2D eigenvalue weighted by Crippen LogP contribution is -2.19.